The van der Waals surface area contributed by atoms with E-state index >= 15 is 0 Å². The van der Waals surface area contributed by atoms with Gasteiger partial charge in [0, 0.05) is 38.0 Å². The van der Waals surface area contributed by atoms with E-state index in [-0.39, 0.29) is 10.8 Å². The number of sulfonamides is 1. The highest BCUT2D eigenvalue weighted by Crippen LogP contribution is 2.15. The zero-order valence-corrected chi connectivity index (χ0v) is 16.3. The lowest BCUT2D eigenvalue weighted by Gasteiger charge is -2.09. The van der Waals surface area contributed by atoms with Crippen molar-refractivity contribution in [1.29, 1.82) is 0 Å². The largest absolute Gasteiger partial charge is 0.352 e. The second-order valence-electron chi connectivity index (χ2n) is 6.53. The van der Waals surface area contributed by atoms with Crippen LogP contribution < -0.4 is 10.0 Å². The number of nitrogens with one attached hydrogen (secondary N) is 2. The van der Waals surface area contributed by atoms with Crippen molar-refractivity contribution in [1.82, 2.24) is 24.8 Å². The Balaban J connectivity index is 1.61. The van der Waals surface area contributed by atoms with Gasteiger partial charge < -0.3 is 9.88 Å². The van der Waals surface area contributed by atoms with Crippen LogP contribution in [-0.2, 0) is 29.4 Å². The van der Waals surface area contributed by atoms with Crippen molar-refractivity contribution in [3.8, 4) is 0 Å². The van der Waals surface area contributed by atoms with E-state index in [4.69, 9.17) is 0 Å². The summed E-state index contributed by atoms with van der Waals surface area (Å²) in [7, 11) is -3.59. The number of amides is 1. The predicted molar refractivity (Wildman–Crippen MR) is 101 cm³/mol. The molecule has 1 aromatic heterocycles. The van der Waals surface area contributed by atoms with E-state index in [2.05, 4.69) is 24.8 Å². The van der Waals surface area contributed by atoms with Gasteiger partial charge in [-0.25, -0.2) is 13.1 Å². The van der Waals surface area contributed by atoms with Crippen molar-refractivity contribution in [2.75, 3.05) is 13.1 Å². The average Bonchev–Trinajstić information content (AvgIpc) is 2.88. The molecule has 2 heterocycles. The number of hydrogen-bond donors (Lipinski definition) is 2. The molecule has 2 N–H and O–H groups in total. The third kappa shape index (κ3) is 4.72. The first kappa shape index (κ1) is 19.5. The summed E-state index contributed by atoms with van der Waals surface area (Å²) in [6, 6.07) is 6.03. The molecule has 0 atom stereocenters. The number of carbonyl (C=O) groups is 1. The van der Waals surface area contributed by atoms with E-state index < -0.39 is 10.0 Å². The maximum atomic E-state index is 12.4. The monoisotopic (exact) mass is 391 g/mol. The molecular formula is C18H25N5O3S. The lowest BCUT2D eigenvalue weighted by Crippen LogP contribution is -2.27. The van der Waals surface area contributed by atoms with Crippen molar-refractivity contribution >= 4 is 15.9 Å². The lowest BCUT2D eigenvalue weighted by molar-refractivity contribution is 0.0953. The minimum Gasteiger partial charge on any atom is -0.352 e. The maximum Gasteiger partial charge on any atom is 0.251 e. The van der Waals surface area contributed by atoms with Gasteiger partial charge in [0.15, 0.2) is 0 Å². The number of nitrogens with zero attached hydrogens (tertiary/aromatic N) is 3. The molecule has 1 aliphatic heterocycles. The van der Waals surface area contributed by atoms with Gasteiger partial charge in [0.25, 0.3) is 5.91 Å². The molecule has 0 fully saturated rings. The van der Waals surface area contributed by atoms with Gasteiger partial charge in [-0.1, -0.05) is 19.4 Å². The van der Waals surface area contributed by atoms with Gasteiger partial charge in [-0.05, 0) is 31.0 Å². The Morgan fingerprint density at radius 3 is 2.89 bits per heavy atom. The number of fused-ring (bicyclic) bond motifs is 1. The van der Waals surface area contributed by atoms with Crippen LogP contribution in [0.15, 0.2) is 29.2 Å². The summed E-state index contributed by atoms with van der Waals surface area (Å²) in [4.78, 5) is 12.5. The number of aryl methyl sites for hydroxylation is 1. The molecular weight excluding hydrogens is 366 g/mol. The summed E-state index contributed by atoms with van der Waals surface area (Å²) >= 11 is 0. The molecule has 1 aromatic carbocycles. The summed E-state index contributed by atoms with van der Waals surface area (Å²) in [6.07, 6.45) is 5.00. The summed E-state index contributed by atoms with van der Waals surface area (Å²) in [6.45, 7) is 3.35. The maximum absolute atomic E-state index is 12.4. The minimum atomic E-state index is -3.59. The number of aromatic nitrogens is 3. The number of carbonyl (C=O) groups excluding carboxylic acids is 1. The quantitative estimate of drug-likeness (QED) is 0.739. The summed E-state index contributed by atoms with van der Waals surface area (Å²) in [5, 5.41) is 11.3. The van der Waals surface area contributed by atoms with Crippen LogP contribution >= 0.6 is 0 Å². The van der Waals surface area contributed by atoms with Crippen LogP contribution in [0.3, 0.4) is 0 Å². The van der Waals surface area contributed by atoms with Gasteiger partial charge in [-0.2, -0.15) is 0 Å². The molecule has 0 bridgehead atoms. The lowest BCUT2D eigenvalue weighted by atomic mass is 10.2. The molecule has 1 aliphatic rings. The molecule has 27 heavy (non-hydrogen) atoms. The first-order chi connectivity index (χ1) is 13.0. The van der Waals surface area contributed by atoms with Crippen LogP contribution in [0.25, 0.3) is 0 Å². The van der Waals surface area contributed by atoms with Crippen molar-refractivity contribution < 1.29 is 13.2 Å². The van der Waals surface area contributed by atoms with Gasteiger partial charge >= 0.3 is 0 Å². The second kappa shape index (κ2) is 8.62. The second-order valence-corrected chi connectivity index (χ2v) is 8.30. The molecule has 2 aromatic rings. The summed E-state index contributed by atoms with van der Waals surface area (Å²) in [5.41, 5.74) is 0.314. The van der Waals surface area contributed by atoms with Crippen LogP contribution in [0.4, 0.5) is 0 Å². The van der Waals surface area contributed by atoms with Crippen molar-refractivity contribution in [2.24, 2.45) is 0 Å². The Hall–Kier alpha value is -2.26. The third-order valence-corrected chi connectivity index (χ3v) is 6.10. The third-order valence-electron chi connectivity index (χ3n) is 4.56. The Morgan fingerprint density at radius 2 is 2.07 bits per heavy atom. The van der Waals surface area contributed by atoms with E-state index in [1.54, 1.807) is 19.1 Å². The highest BCUT2D eigenvalue weighted by Gasteiger charge is 2.16. The number of hydrogen-bond acceptors (Lipinski definition) is 5. The topological polar surface area (TPSA) is 106 Å². The fourth-order valence-corrected chi connectivity index (χ4v) is 4.28. The normalized spacial score (nSPS) is 14.4. The van der Waals surface area contributed by atoms with E-state index in [1.807, 2.05) is 0 Å². The van der Waals surface area contributed by atoms with Crippen LogP contribution in [0, 0.1) is 0 Å². The number of rotatable bonds is 7. The molecule has 0 aliphatic carbocycles. The van der Waals surface area contributed by atoms with Gasteiger partial charge in [0.05, 0.1) is 4.90 Å². The fraction of sp³-hybridized carbons (Fsp3) is 0.500. The van der Waals surface area contributed by atoms with E-state index in [0.717, 1.165) is 37.5 Å². The highest BCUT2D eigenvalue weighted by atomic mass is 32.2. The zero-order chi connectivity index (χ0) is 19.3. The highest BCUT2D eigenvalue weighted by molar-refractivity contribution is 7.89. The van der Waals surface area contributed by atoms with Crippen LogP contribution in [0.5, 0.6) is 0 Å². The Kier molecular flexibility index (Phi) is 6.22. The molecule has 0 unspecified atom stereocenters. The fourth-order valence-electron chi connectivity index (χ4n) is 3.20. The zero-order valence-electron chi connectivity index (χ0n) is 15.4. The summed E-state index contributed by atoms with van der Waals surface area (Å²) in [5.74, 6) is 1.60. The van der Waals surface area contributed by atoms with Gasteiger partial charge in [0.2, 0.25) is 10.0 Å². The molecule has 3 rings (SSSR count). The average molecular weight is 391 g/mol. The van der Waals surface area contributed by atoms with Gasteiger partial charge in [-0.15, -0.1) is 10.2 Å². The van der Waals surface area contributed by atoms with Crippen LogP contribution in [0.2, 0.25) is 0 Å². The van der Waals surface area contributed by atoms with E-state index in [1.165, 1.54) is 18.6 Å². The van der Waals surface area contributed by atoms with Crippen molar-refractivity contribution in [3.63, 3.8) is 0 Å². The Bertz CT molecular complexity index is 907. The van der Waals surface area contributed by atoms with E-state index in [0.29, 0.717) is 25.1 Å². The Labute approximate surface area is 159 Å². The molecule has 0 saturated carbocycles. The summed E-state index contributed by atoms with van der Waals surface area (Å²) < 4.78 is 28.7. The van der Waals surface area contributed by atoms with Crippen molar-refractivity contribution in [3.05, 3.63) is 41.5 Å². The molecule has 0 saturated heterocycles. The molecule has 146 valence electrons. The first-order valence-corrected chi connectivity index (χ1v) is 10.8. The molecule has 8 nitrogen and oxygen atoms in total. The van der Waals surface area contributed by atoms with E-state index in [9.17, 15) is 13.2 Å². The van der Waals surface area contributed by atoms with Crippen molar-refractivity contribution in [2.45, 2.75) is 50.5 Å². The van der Waals surface area contributed by atoms with Crippen LogP contribution in [0.1, 0.15) is 48.2 Å². The Morgan fingerprint density at radius 1 is 1.22 bits per heavy atom. The molecule has 9 heteroatoms. The molecule has 0 spiro atoms. The standard InChI is InChI=1S/C18H25N5O3S/c1-2-20-27(25,26)15-8-6-7-14(13-15)18(24)19-11-10-17-22-21-16-9-4-3-5-12-23(16)17/h6-8,13,20H,2-5,9-12H2,1H3,(H,19,24). The smallest absolute Gasteiger partial charge is 0.251 e. The minimum absolute atomic E-state index is 0.0831. The van der Waals surface area contributed by atoms with Gasteiger partial charge in [-0.3, -0.25) is 4.79 Å². The van der Waals surface area contributed by atoms with Crippen LogP contribution in [-0.4, -0.2) is 42.2 Å². The molecule has 0 radical (unpaired) electrons. The SMILES string of the molecule is CCNS(=O)(=O)c1cccc(C(=O)NCCc2nnc3n2CCCCC3)c1. The predicted octanol–water partition coefficient (Wildman–Crippen LogP) is 1.28. The molecule has 1 amide bonds. The first-order valence-electron chi connectivity index (χ1n) is 9.30. The number of benzene rings is 1. The van der Waals surface area contributed by atoms with Gasteiger partial charge in [0.1, 0.15) is 11.6 Å².